The first-order valence-corrected chi connectivity index (χ1v) is 8.36. The van der Waals surface area contributed by atoms with Crippen LogP contribution in [0.5, 0.6) is 0 Å². The fraction of sp³-hybridized carbons (Fsp3) is 0.100. The maximum Gasteiger partial charge on any atom is 0.0595 e. The van der Waals surface area contributed by atoms with Gasteiger partial charge in [0.25, 0.3) is 0 Å². The Kier molecular flexibility index (Phi) is 3.76. The van der Waals surface area contributed by atoms with Gasteiger partial charge in [-0.05, 0) is 52.9 Å². The van der Waals surface area contributed by atoms with Gasteiger partial charge in [-0.25, -0.2) is 0 Å². The maximum absolute atomic E-state index is 6.15. The molecule has 3 heteroatoms. The van der Waals surface area contributed by atoms with Gasteiger partial charge in [0.05, 0.1) is 16.1 Å². The van der Waals surface area contributed by atoms with Crippen molar-refractivity contribution in [1.82, 2.24) is 0 Å². The first-order valence-electron chi connectivity index (χ1n) is 7.60. The molecule has 3 aromatic rings. The van der Waals surface area contributed by atoms with E-state index in [1.165, 1.54) is 22.4 Å². The van der Waals surface area contributed by atoms with Gasteiger partial charge in [-0.3, -0.25) is 0 Å². The molecule has 0 saturated carbocycles. The highest BCUT2D eigenvalue weighted by Gasteiger charge is 2.22. The molecule has 1 heterocycles. The van der Waals surface area contributed by atoms with Crippen LogP contribution < -0.4 is 5.32 Å². The Hall–Kier alpha value is -1.96. The van der Waals surface area contributed by atoms with Gasteiger partial charge in [-0.2, -0.15) is 0 Å². The van der Waals surface area contributed by atoms with Crippen LogP contribution in [0.1, 0.15) is 17.2 Å². The average molecular weight is 340 g/mol. The molecular formula is C20H15Cl2N. The Morgan fingerprint density at radius 1 is 0.783 bits per heavy atom. The molecule has 0 fully saturated rings. The van der Waals surface area contributed by atoms with Gasteiger partial charge in [0, 0.05) is 5.69 Å². The Bertz CT molecular complexity index is 859. The number of hydrogen-bond acceptors (Lipinski definition) is 1. The van der Waals surface area contributed by atoms with Crippen LogP contribution in [0.4, 0.5) is 5.69 Å². The summed E-state index contributed by atoms with van der Waals surface area (Å²) in [5, 5.41) is 4.77. The molecule has 1 aliphatic rings. The molecule has 23 heavy (non-hydrogen) atoms. The summed E-state index contributed by atoms with van der Waals surface area (Å²) >= 11 is 12.2. The molecule has 0 amide bonds. The molecule has 4 rings (SSSR count). The second kappa shape index (κ2) is 5.92. The lowest BCUT2D eigenvalue weighted by atomic mass is 9.99. The van der Waals surface area contributed by atoms with Crippen LogP contribution in [-0.4, -0.2) is 0 Å². The highest BCUT2D eigenvalue weighted by Crippen LogP contribution is 2.38. The number of rotatable bonds is 2. The van der Waals surface area contributed by atoms with E-state index >= 15 is 0 Å². The number of nitrogens with one attached hydrogen (secondary N) is 1. The summed E-state index contributed by atoms with van der Waals surface area (Å²) in [7, 11) is 0. The van der Waals surface area contributed by atoms with Crippen molar-refractivity contribution in [3.63, 3.8) is 0 Å². The van der Waals surface area contributed by atoms with Crippen molar-refractivity contribution in [3.8, 4) is 11.1 Å². The van der Waals surface area contributed by atoms with E-state index in [0.717, 1.165) is 12.0 Å². The van der Waals surface area contributed by atoms with E-state index in [1.54, 1.807) is 0 Å². The van der Waals surface area contributed by atoms with Gasteiger partial charge in [0.15, 0.2) is 0 Å². The molecular weight excluding hydrogens is 325 g/mol. The zero-order chi connectivity index (χ0) is 15.8. The maximum atomic E-state index is 6.15. The van der Waals surface area contributed by atoms with E-state index in [1.807, 2.05) is 24.3 Å². The quantitative estimate of drug-likeness (QED) is 0.571. The van der Waals surface area contributed by atoms with Crippen LogP contribution in [0.3, 0.4) is 0 Å². The fourth-order valence-electron chi connectivity index (χ4n) is 3.10. The van der Waals surface area contributed by atoms with Crippen molar-refractivity contribution in [2.24, 2.45) is 0 Å². The molecule has 0 saturated heterocycles. The second-order valence-corrected chi connectivity index (χ2v) is 6.63. The SMILES string of the molecule is Clc1ccc(C2Cc3cc(-c4ccccc4)ccc3N2)cc1Cl. The van der Waals surface area contributed by atoms with Crippen molar-refractivity contribution in [2.45, 2.75) is 12.5 Å². The zero-order valence-corrected chi connectivity index (χ0v) is 13.9. The van der Waals surface area contributed by atoms with Crippen molar-refractivity contribution >= 4 is 28.9 Å². The normalized spacial score (nSPS) is 16.0. The van der Waals surface area contributed by atoms with E-state index in [0.29, 0.717) is 10.0 Å². The summed E-state index contributed by atoms with van der Waals surface area (Å²) in [6, 6.07) is 23.1. The lowest BCUT2D eigenvalue weighted by Crippen LogP contribution is -2.05. The smallest absolute Gasteiger partial charge is 0.0595 e. The van der Waals surface area contributed by atoms with Gasteiger partial charge in [-0.1, -0.05) is 65.7 Å². The highest BCUT2D eigenvalue weighted by molar-refractivity contribution is 6.42. The van der Waals surface area contributed by atoms with Crippen LogP contribution in [0.2, 0.25) is 10.0 Å². The van der Waals surface area contributed by atoms with Crippen LogP contribution in [-0.2, 0) is 6.42 Å². The van der Waals surface area contributed by atoms with Crippen molar-refractivity contribution in [3.05, 3.63) is 87.9 Å². The highest BCUT2D eigenvalue weighted by atomic mass is 35.5. The molecule has 3 aromatic carbocycles. The fourth-order valence-corrected chi connectivity index (χ4v) is 3.41. The van der Waals surface area contributed by atoms with E-state index in [4.69, 9.17) is 23.2 Å². The number of fused-ring (bicyclic) bond motifs is 1. The zero-order valence-electron chi connectivity index (χ0n) is 12.4. The molecule has 1 atom stereocenters. The lowest BCUT2D eigenvalue weighted by molar-refractivity contribution is 0.824. The molecule has 0 spiro atoms. The standard InChI is InChI=1S/C20H15Cl2N/c21-17-8-6-15(11-18(17)22)20-12-16-10-14(7-9-19(16)23-20)13-4-2-1-3-5-13/h1-11,20,23H,12H2. The van der Waals surface area contributed by atoms with Crippen molar-refractivity contribution < 1.29 is 0 Å². The van der Waals surface area contributed by atoms with Crippen molar-refractivity contribution in [2.75, 3.05) is 5.32 Å². The number of benzene rings is 3. The summed E-state index contributed by atoms with van der Waals surface area (Å²) < 4.78 is 0. The Morgan fingerprint density at radius 3 is 2.39 bits per heavy atom. The third-order valence-electron chi connectivity index (χ3n) is 4.31. The van der Waals surface area contributed by atoms with Crippen LogP contribution in [0.25, 0.3) is 11.1 Å². The Labute approximate surface area is 145 Å². The van der Waals surface area contributed by atoms with Gasteiger partial charge < -0.3 is 5.32 Å². The molecule has 0 bridgehead atoms. The molecule has 0 radical (unpaired) electrons. The number of hydrogen-bond donors (Lipinski definition) is 1. The predicted octanol–water partition coefficient (Wildman–Crippen LogP) is 6.37. The monoisotopic (exact) mass is 339 g/mol. The molecule has 1 aliphatic heterocycles. The first-order chi connectivity index (χ1) is 11.2. The minimum absolute atomic E-state index is 0.241. The Morgan fingerprint density at radius 2 is 1.61 bits per heavy atom. The summed E-state index contributed by atoms with van der Waals surface area (Å²) in [5.74, 6) is 0. The molecule has 0 aromatic heterocycles. The van der Waals surface area contributed by atoms with E-state index in [2.05, 4.69) is 47.8 Å². The van der Waals surface area contributed by atoms with Crippen LogP contribution in [0, 0.1) is 0 Å². The lowest BCUT2D eigenvalue weighted by Gasteiger charge is -2.12. The summed E-state index contributed by atoms with van der Waals surface area (Å²) in [4.78, 5) is 0. The molecule has 1 N–H and O–H groups in total. The average Bonchev–Trinajstić information content (AvgIpc) is 3.01. The predicted molar refractivity (Wildman–Crippen MR) is 98.4 cm³/mol. The van der Waals surface area contributed by atoms with Crippen LogP contribution >= 0.6 is 23.2 Å². The third kappa shape index (κ3) is 2.83. The first kappa shape index (κ1) is 14.6. The van der Waals surface area contributed by atoms with E-state index in [-0.39, 0.29) is 6.04 Å². The van der Waals surface area contributed by atoms with E-state index < -0.39 is 0 Å². The minimum atomic E-state index is 0.241. The third-order valence-corrected chi connectivity index (χ3v) is 5.05. The van der Waals surface area contributed by atoms with Gasteiger partial charge in [0.2, 0.25) is 0 Å². The largest absolute Gasteiger partial charge is 0.378 e. The topological polar surface area (TPSA) is 12.0 Å². The molecule has 0 aliphatic carbocycles. The molecule has 1 unspecified atom stereocenters. The van der Waals surface area contributed by atoms with Gasteiger partial charge in [0.1, 0.15) is 0 Å². The Balaban J connectivity index is 1.63. The second-order valence-electron chi connectivity index (χ2n) is 5.81. The minimum Gasteiger partial charge on any atom is -0.378 e. The summed E-state index contributed by atoms with van der Waals surface area (Å²) in [6.45, 7) is 0. The van der Waals surface area contributed by atoms with Crippen LogP contribution in [0.15, 0.2) is 66.7 Å². The molecule has 114 valence electrons. The summed E-state index contributed by atoms with van der Waals surface area (Å²) in [6.07, 6.45) is 0.952. The number of halogens is 2. The van der Waals surface area contributed by atoms with Gasteiger partial charge in [-0.15, -0.1) is 0 Å². The van der Waals surface area contributed by atoms with Crippen molar-refractivity contribution in [1.29, 1.82) is 0 Å². The van der Waals surface area contributed by atoms with Gasteiger partial charge >= 0.3 is 0 Å². The van der Waals surface area contributed by atoms with E-state index in [9.17, 15) is 0 Å². The number of anilines is 1. The summed E-state index contributed by atoms with van der Waals surface area (Å²) in [5.41, 5.74) is 6.19. The molecule has 1 nitrogen and oxygen atoms in total.